The van der Waals surface area contributed by atoms with E-state index in [9.17, 15) is 73.2 Å². The number of nitrogens with one attached hydrogen (secondary N) is 9. The molecule has 1 fully saturated rings. The lowest BCUT2D eigenvalue weighted by atomic mass is 9.96. The van der Waals surface area contributed by atoms with E-state index >= 15 is 0 Å². The molecule has 25 heteroatoms. The molecule has 470 valence electrons. The van der Waals surface area contributed by atoms with Crippen molar-refractivity contribution in [2.75, 3.05) is 13.2 Å². The van der Waals surface area contributed by atoms with Crippen LogP contribution in [0.25, 0.3) is 0 Å². The fraction of sp³-hybridized carbons (Fsp3) is 0.807. The number of aliphatic hydroxyl groups excluding tert-OH is 3. The molecular formula is C57H101N9O16. The Bertz CT molecular complexity index is 2080. The van der Waals surface area contributed by atoms with E-state index in [-0.39, 0.29) is 56.3 Å². The maximum atomic E-state index is 14.8. The second-order valence-electron chi connectivity index (χ2n) is 23.3. The highest BCUT2D eigenvalue weighted by Crippen LogP contribution is 2.18. The number of carbonyl (C=O) groups is 11. The minimum atomic E-state index is -1.95. The number of carboxylic acid groups (broad SMARTS) is 1. The number of carbonyl (C=O) groups excluding carboxylic acids is 10. The van der Waals surface area contributed by atoms with Crippen molar-refractivity contribution in [1.29, 1.82) is 0 Å². The van der Waals surface area contributed by atoms with Gasteiger partial charge in [-0.3, -0.25) is 47.9 Å². The van der Waals surface area contributed by atoms with Gasteiger partial charge in [0, 0.05) is 6.42 Å². The number of carboxylic acids is 1. The van der Waals surface area contributed by atoms with Crippen LogP contribution >= 0.6 is 0 Å². The molecule has 0 bridgehead atoms. The Morgan fingerprint density at radius 1 is 0.549 bits per heavy atom. The van der Waals surface area contributed by atoms with Crippen LogP contribution in [-0.2, 0) is 57.5 Å². The lowest BCUT2D eigenvalue weighted by Crippen LogP contribution is -2.64. The van der Waals surface area contributed by atoms with Gasteiger partial charge >= 0.3 is 11.9 Å². The first-order valence-electron chi connectivity index (χ1n) is 29.6. The minimum absolute atomic E-state index is 0.00953. The van der Waals surface area contributed by atoms with Gasteiger partial charge in [-0.1, -0.05) is 134 Å². The van der Waals surface area contributed by atoms with E-state index < -0.39 is 170 Å². The first kappa shape index (κ1) is 74.1. The van der Waals surface area contributed by atoms with Crippen molar-refractivity contribution in [1.82, 2.24) is 47.9 Å². The SMILES string of the molecule is CCCCCCCCC[C@@H](O)CC(=O)N[C@@H](CC(C)C)C(=O)N[C@H](CCC(=O)O)C(=O)N[C@H]1C(=O)N[C@H]([C@H](C)CC)C(=O)N[C@@H](CC(C)C)C(=O)N[C@H](CO)C(=O)N[C@@H](CC(C)C)C(=O)N[C@H](CO)C(=O)N[C@@H]([C@@H](C)CC)C(=O)O[C@@H]1C. The van der Waals surface area contributed by atoms with Gasteiger partial charge in [0.1, 0.15) is 60.5 Å². The molecule has 25 nitrogen and oxygen atoms in total. The summed E-state index contributed by atoms with van der Waals surface area (Å²) >= 11 is 0. The molecule has 1 aliphatic rings. The van der Waals surface area contributed by atoms with Crippen LogP contribution in [0, 0.1) is 29.6 Å². The van der Waals surface area contributed by atoms with E-state index in [1.165, 1.54) is 6.92 Å². The Hall–Kier alpha value is -5.95. The number of esters is 1. The van der Waals surface area contributed by atoms with Gasteiger partial charge in [0.15, 0.2) is 0 Å². The van der Waals surface area contributed by atoms with Crippen molar-refractivity contribution in [3.8, 4) is 0 Å². The predicted molar refractivity (Wildman–Crippen MR) is 304 cm³/mol. The minimum Gasteiger partial charge on any atom is -0.481 e. The van der Waals surface area contributed by atoms with Gasteiger partial charge in [-0.15, -0.1) is 0 Å². The van der Waals surface area contributed by atoms with Crippen LogP contribution in [0.3, 0.4) is 0 Å². The number of aliphatic hydroxyl groups is 3. The van der Waals surface area contributed by atoms with E-state index in [1.807, 2.05) is 0 Å². The van der Waals surface area contributed by atoms with E-state index in [0.29, 0.717) is 12.8 Å². The summed E-state index contributed by atoms with van der Waals surface area (Å²) < 4.78 is 5.85. The van der Waals surface area contributed by atoms with E-state index in [0.717, 1.165) is 38.5 Å². The zero-order chi connectivity index (χ0) is 62.4. The van der Waals surface area contributed by atoms with Gasteiger partial charge < -0.3 is 73.0 Å². The highest BCUT2D eigenvalue weighted by Gasteiger charge is 2.41. The van der Waals surface area contributed by atoms with Crippen molar-refractivity contribution in [3.63, 3.8) is 0 Å². The Morgan fingerprint density at radius 2 is 1.01 bits per heavy atom. The Balaban J connectivity index is 3.98. The molecule has 0 aromatic carbocycles. The second-order valence-corrected chi connectivity index (χ2v) is 23.3. The maximum Gasteiger partial charge on any atom is 0.329 e. The number of unbranched alkanes of at least 4 members (excludes halogenated alkanes) is 6. The van der Waals surface area contributed by atoms with Crippen molar-refractivity contribution in [2.45, 2.75) is 252 Å². The number of aliphatic carboxylic acids is 1. The third-order valence-electron chi connectivity index (χ3n) is 14.4. The molecule has 0 aromatic rings. The lowest BCUT2D eigenvalue weighted by molar-refractivity contribution is -0.158. The third kappa shape index (κ3) is 27.4. The molecular weight excluding hydrogens is 1070 g/mol. The van der Waals surface area contributed by atoms with Gasteiger partial charge in [0.25, 0.3) is 0 Å². The molecule has 1 heterocycles. The average Bonchev–Trinajstić information content (AvgIpc) is 3.58. The number of cyclic esters (lactones) is 1. The second kappa shape index (κ2) is 38.8. The molecule has 1 saturated heterocycles. The molecule has 1 rings (SSSR count). The molecule has 1 aliphatic heterocycles. The number of ether oxygens (including phenoxy) is 1. The van der Waals surface area contributed by atoms with E-state index in [1.54, 1.807) is 69.2 Å². The normalized spacial score (nSPS) is 23.9. The molecule has 82 heavy (non-hydrogen) atoms. The Labute approximate surface area is 484 Å². The fourth-order valence-electron chi connectivity index (χ4n) is 9.13. The van der Waals surface area contributed by atoms with Gasteiger partial charge in [-0.2, -0.15) is 0 Å². The van der Waals surface area contributed by atoms with Crippen LogP contribution in [0.1, 0.15) is 186 Å². The van der Waals surface area contributed by atoms with Crippen molar-refractivity contribution < 1.29 is 77.9 Å². The smallest absolute Gasteiger partial charge is 0.329 e. The standard InChI is InChI=1S/C57H101N9O16/c1-13-16-17-18-19-20-21-22-37(69)28-44(70)58-39(25-31(4)5)50(74)59-38(23-24-45(71)72)49(73)66-48-36(12)82-57(81)47(35(11)15-3)65-54(78)43(30-68)63-51(75)40(26-32(6)7)60-53(77)42(29-67)62-52(76)41(27-33(8)9)61-55(79)46(34(10)14-2)64-56(48)80/h31-43,46-48,67-69H,13-30H2,1-12H3,(H,58,70)(H,59,74)(H,60,77)(H,61,79)(H,62,76)(H,63,75)(H,64,80)(H,65,78)(H,66,73)(H,71,72)/t34-,35+,36-,37-,38-,39+,40+,41+,42-,43-,46-,47+,48-/m1/s1. The maximum absolute atomic E-state index is 14.8. The largest absolute Gasteiger partial charge is 0.481 e. The van der Waals surface area contributed by atoms with Crippen LogP contribution in [0.15, 0.2) is 0 Å². The van der Waals surface area contributed by atoms with Crippen LogP contribution in [0.4, 0.5) is 0 Å². The molecule has 0 saturated carbocycles. The summed E-state index contributed by atoms with van der Waals surface area (Å²) in [6.45, 7) is 18.5. The van der Waals surface area contributed by atoms with Crippen LogP contribution < -0.4 is 47.9 Å². The van der Waals surface area contributed by atoms with Crippen LogP contribution in [0.5, 0.6) is 0 Å². The molecule has 0 unspecified atom stereocenters. The molecule has 13 N–H and O–H groups in total. The van der Waals surface area contributed by atoms with E-state index in [4.69, 9.17) is 4.74 Å². The van der Waals surface area contributed by atoms with Gasteiger partial charge in [-0.05, 0) is 68.6 Å². The summed E-state index contributed by atoms with van der Waals surface area (Å²) in [6, 6.07) is -14.1. The number of amides is 9. The van der Waals surface area contributed by atoms with Crippen molar-refractivity contribution in [2.24, 2.45) is 29.6 Å². The van der Waals surface area contributed by atoms with Crippen molar-refractivity contribution >= 4 is 65.1 Å². The molecule has 9 amide bonds. The fourth-order valence-corrected chi connectivity index (χ4v) is 9.13. The van der Waals surface area contributed by atoms with Crippen LogP contribution in [-0.4, -0.2) is 165 Å². The lowest BCUT2D eigenvalue weighted by Gasteiger charge is -2.32. The Kier molecular flexibility index (Phi) is 35.0. The molecule has 0 spiro atoms. The molecule has 0 aliphatic carbocycles. The first-order valence-corrected chi connectivity index (χ1v) is 29.6. The van der Waals surface area contributed by atoms with E-state index in [2.05, 4.69) is 54.8 Å². The predicted octanol–water partition coefficient (Wildman–Crippen LogP) is 1.27. The summed E-state index contributed by atoms with van der Waals surface area (Å²) in [5.74, 6) is -13.3. The third-order valence-corrected chi connectivity index (χ3v) is 14.4. The number of hydrogen-bond donors (Lipinski definition) is 13. The summed E-state index contributed by atoms with van der Waals surface area (Å²) in [5.41, 5.74) is 0. The van der Waals surface area contributed by atoms with Gasteiger partial charge in [0.05, 0.1) is 25.7 Å². The zero-order valence-electron chi connectivity index (χ0n) is 50.7. The molecule has 13 atom stereocenters. The molecule has 0 radical (unpaired) electrons. The summed E-state index contributed by atoms with van der Waals surface area (Å²) in [4.78, 5) is 153. The number of rotatable bonds is 30. The Morgan fingerprint density at radius 3 is 1.50 bits per heavy atom. The summed E-state index contributed by atoms with van der Waals surface area (Å²) in [6.07, 6.45) is 3.74. The van der Waals surface area contributed by atoms with Crippen LogP contribution in [0.2, 0.25) is 0 Å². The quantitative estimate of drug-likeness (QED) is 0.0356. The zero-order valence-corrected chi connectivity index (χ0v) is 50.7. The van der Waals surface area contributed by atoms with Crippen molar-refractivity contribution in [3.05, 3.63) is 0 Å². The molecule has 0 aromatic heterocycles. The van der Waals surface area contributed by atoms with Gasteiger partial charge in [0.2, 0.25) is 53.2 Å². The monoisotopic (exact) mass is 1170 g/mol. The highest BCUT2D eigenvalue weighted by molar-refractivity contribution is 5.99. The first-order chi connectivity index (χ1) is 38.5. The summed E-state index contributed by atoms with van der Waals surface area (Å²) in [7, 11) is 0. The number of hydrogen-bond acceptors (Lipinski definition) is 15. The summed E-state index contributed by atoms with van der Waals surface area (Å²) in [5, 5.41) is 63.9. The highest BCUT2D eigenvalue weighted by atomic mass is 16.5. The average molecular weight is 1170 g/mol. The van der Waals surface area contributed by atoms with Gasteiger partial charge in [-0.25, -0.2) is 4.79 Å². The topological polar surface area (TPSA) is 386 Å².